The first-order chi connectivity index (χ1) is 9.49. The number of primary amides is 1. The van der Waals surface area contributed by atoms with Crippen molar-refractivity contribution in [2.24, 2.45) is 10.8 Å². The molecule has 0 saturated carbocycles. The van der Waals surface area contributed by atoms with Gasteiger partial charge in [0.2, 0.25) is 0 Å². The number of rotatable bonds is 3. The van der Waals surface area contributed by atoms with E-state index in [0.29, 0.717) is 0 Å². The summed E-state index contributed by atoms with van der Waals surface area (Å²) in [5.74, 6) is -0.303. The first-order valence-corrected chi connectivity index (χ1v) is 5.89. The molecule has 0 radical (unpaired) electrons. The average Bonchev–Trinajstić information content (AvgIpc) is 2.67. The molecular formula is C13H14FN5O. The van der Waals surface area contributed by atoms with Crippen LogP contribution in [0.3, 0.4) is 0 Å². The van der Waals surface area contributed by atoms with E-state index in [9.17, 15) is 9.18 Å². The highest BCUT2D eigenvalue weighted by molar-refractivity contribution is 5.84. The van der Waals surface area contributed by atoms with Crippen LogP contribution in [0, 0.1) is 19.7 Å². The summed E-state index contributed by atoms with van der Waals surface area (Å²) in [5, 5.41) is 8.09. The lowest BCUT2D eigenvalue weighted by atomic mass is 10.2. The highest BCUT2D eigenvalue weighted by Crippen LogP contribution is 2.16. The molecule has 20 heavy (non-hydrogen) atoms. The Morgan fingerprint density at radius 2 is 2.05 bits per heavy atom. The fraction of sp³-hybridized carbons (Fsp3) is 0.154. The molecule has 1 heterocycles. The molecule has 3 N–H and O–H groups in total. The molecule has 7 heteroatoms. The molecule has 1 aromatic carbocycles. The molecule has 0 bridgehead atoms. The summed E-state index contributed by atoms with van der Waals surface area (Å²) in [4.78, 5) is 10.6. The highest BCUT2D eigenvalue weighted by Gasteiger charge is 2.11. The predicted molar refractivity (Wildman–Crippen MR) is 73.3 cm³/mol. The molecule has 1 aromatic heterocycles. The van der Waals surface area contributed by atoms with Crippen molar-refractivity contribution in [3.8, 4) is 5.69 Å². The standard InChI is InChI=1S/C13H14FN5O/c1-8-12(7-16-17-13(15)20)9(2)19(18-8)11-5-3-10(14)4-6-11/h3-7H,1-2H3,(H3,15,17,20)/b16-7-. The van der Waals surface area contributed by atoms with E-state index in [2.05, 4.69) is 15.6 Å². The monoisotopic (exact) mass is 275 g/mol. The Balaban J connectivity index is 2.35. The second kappa shape index (κ2) is 5.52. The number of aromatic nitrogens is 2. The lowest BCUT2D eigenvalue weighted by Crippen LogP contribution is -2.24. The third-order valence-corrected chi connectivity index (χ3v) is 2.79. The van der Waals surface area contributed by atoms with Crippen LogP contribution in [0.2, 0.25) is 0 Å². The third-order valence-electron chi connectivity index (χ3n) is 2.79. The minimum Gasteiger partial charge on any atom is -0.350 e. The molecule has 104 valence electrons. The average molecular weight is 275 g/mol. The lowest BCUT2D eigenvalue weighted by Gasteiger charge is -2.04. The molecule has 0 aliphatic rings. The van der Waals surface area contributed by atoms with Gasteiger partial charge in [-0.2, -0.15) is 10.2 Å². The largest absolute Gasteiger partial charge is 0.350 e. The maximum Gasteiger partial charge on any atom is 0.332 e. The first-order valence-electron chi connectivity index (χ1n) is 5.89. The summed E-state index contributed by atoms with van der Waals surface area (Å²) in [6.07, 6.45) is 1.47. The molecule has 2 rings (SSSR count). The van der Waals surface area contributed by atoms with Crippen LogP contribution in [-0.2, 0) is 0 Å². The van der Waals surface area contributed by atoms with E-state index in [-0.39, 0.29) is 5.82 Å². The quantitative estimate of drug-likeness (QED) is 0.659. The molecule has 0 unspecified atom stereocenters. The second-order valence-corrected chi connectivity index (χ2v) is 4.21. The molecule has 6 nitrogen and oxygen atoms in total. The number of nitrogens with zero attached hydrogens (tertiary/aromatic N) is 3. The van der Waals surface area contributed by atoms with E-state index in [0.717, 1.165) is 22.6 Å². The number of hydrogen-bond acceptors (Lipinski definition) is 3. The van der Waals surface area contributed by atoms with Gasteiger partial charge in [0, 0.05) is 5.56 Å². The normalized spacial score (nSPS) is 10.9. The van der Waals surface area contributed by atoms with Crippen LogP contribution >= 0.6 is 0 Å². The van der Waals surface area contributed by atoms with E-state index < -0.39 is 6.03 Å². The van der Waals surface area contributed by atoms with Crippen molar-refractivity contribution in [3.63, 3.8) is 0 Å². The van der Waals surface area contributed by atoms with Gasteiger partial charge in [0.05, 0.1) is 23.3 Å². The number of aryl methyl sites for hydroxylation is 1. The number of carbonyl (C=O) groups is 1. The van der Waals surface area contributed by atoms with Crippen LogP contribution in [0.15, 0.2) is 29.4 Å². The molecule has 0 atom stereocenters. The number of urea groups is 1. The summed E-state index contributed by atoms with van der Waals surface area (Å²) >= 11 is 0. The van der Waals surface area contributed by atoms with Gasteiger partial charge in [0.15, 0.2) is 0 Å². The highest BCUT2D eigenvalue weighted by atomic mass is 19.1. The first kappa shape index (κ1) is 13.7. The van der Waals surface area contributed by atoms with Crippen molar-refractivity contribution in [2.45, 2.75) is 13.8 Å². The van der Waals surface area contributed by atoms with Crippen LogP contribution < -0.4 is 11.2 Å². The fourth-order valence-corrected chi connectivity index (χ4v) is 1.84. The van der Waals surface area contributed by atoms with E-state index in [1.54, 1.807) is 16.8 Å². The molecule has 0 fully saturated rings. The van der Waals surface area contributed by atoms with Crippen LogP contribution in [0.1, 0.15) is 17.0 Å². The zero-order valence-corrected chi connectivity index (χ0v) is 11.1. The Hall–Kier alpha value is -2.70. The van der Waals surface area contributed by atoms with Gasteiger partial charge in [-0.15, -0.1) is 0 Å². The zero-order chi connectivity index (χ0) is 14.7. The van der Waals surface area contributed by atoms with Gasteiger partial charge in [-0.1, -0.05) is 0 Å². The van der Waals surface area contributed by atoms with Gasteiger partial charge in [0.1, 0.15) is 5.82 Å². The number of nitrogens with one attached hydrogen (secondary N) is 1. The summed E-state index contributed by atoms with van der Waals surface area (Å²) < 4.78 is 14.6. The topological polar surface area (TPSA) is 85.3 Å². The van der Waals surface area contributed by atoms with Crippen LogP contribution in [0.4, 0.5) is 9.18 Å². The molecule has 0 spiro atoms. The molecule has 2 aromatic rings. The maximum atomic E-state index is 12.9. The minimum absolute atomic E-state index is 0.303. The number of amides is 2. The lowest BCUT2D eigenvalue weighted by molar-refractivity contribution is 0.249. The van der Waals surface area contributed by atoms with Crippen molar-refractivity contribution in [2.75, 3.05) is 0 Å². The number of nitrogens with two attached hydrogens (primary N) is 1. The SMILES string of the molecule is Cc1nn(-c2ccc(F)cc2)c(C)c1/C=N\NC(N)=O. The van der Waals surface area contributed by atoms with Crippen molar-refractivity contribution in [3.05, 3.63) is 47.0 Å². The van der Waals surface area contributed by atoms with Crippen LogP contribution in [0.5, 0.6) is 0 Å². The van der Waals surface area contributed by atoms with Gasteiger partial charge in [0.25, 0.3) is 0 Å². The maximum absolute atomic E-state index is 12.9. The Bertz CT molecular complexity index is 660. The van der Waals surface area contributed by atoms with Gasteiger partial charge in [-0.05, 0) is 38.1 Å². The van der Waals surface area contributed by atoms with E-state index in [1.165, 1.54) is 18.3 Å². The predicted octanol–water partition coefficient (Wildman–Crippen LogP) is 1.63. The Labute approximate surface area is 115 Å². The Morgan fingerprint density at radius 1 is 1.40 bits per heavy atom. The number of halogens is 1. The second-order valence-electron chi connectivity index (χ2n) is 4.21. The van der Waals surface area contributed by atoms with Crippen molar-refractivity contribution in [1.82, 2.24) is 15.2 Å². The Morgan fingerprint density at radius 3 is 2.65 bits per heavy atom. The summed E-state index contributed by atoms with van der Waals surface area (Å²) in [5.41, 5.74) is 10.1. The molecule has 2 amide bonds. The molecule has 0 aliphatic carbocycles. The van der Waals surface area contributed by atoms with Crippen LogP contribution in [0.25, 0.3) is 5.69 Å². The van der Waals surface area contributed by atoms with Gasteiger partial charge >= 0.3 is 6.03 Å². The minimum atomic E-state index is -0.734. The van der Waals surface area contributed by atoms with Crippen molar-refractivity contribution >= 4 is 12.2 Å². The van der Waals surface area contributed by atoms with Gasteiger partial charge in [-0.3, -0.25) is 0 Å². The van der Waals surface area contributed by atoms with E-state index in [1.807, 2.05) is 13.8 Å². The number of hydrogen-bond donors (Lipinski definition) is 2. The summed E-state index contributed by atoms with van der Waals surface area (Å²) in [6, 6.07) is 5.28. The van der Waals surface area contributed by atoms with Gasteiger partial charge in [-0.25, -0.2) is 19.3 Å². The Kier molecular flexibility index (Phi) is 3.79. The number of carbonyl (C=O) groups excluding carboxylic acids is 1. The van der Waals surface area contributed by atoms with E-state index >= 15 is 0 Å². The van der Waals surface area contributed by atoms with Crippen LogP contribution in [-0.4, -0.2) is 22.0 Å². The zero-order valence-electron chi connectivity index (χ0n) is 11.1. The molecular weight excluding hydrogens is 261 g/mol. The third kappa shape index (κ3) is 2.82. The van der Waals surface area contributed by atoms with Gasteiger partial charge < -0.3 is 5.73 Å². The smallest absolute Gasteiger partial charge is 0.332 e. The van der Waals surface area contributed by atoms with Crippen molar-refractivity contribution < 1.29 is 9.18 Å². The molecule has 0 saturated heterocycles. The summed E-state index contributed by atoms with van der Waals surface area (Å²) in [6.45, 7) is 3.67. The summed E-state index contributed by atoms with van der Waals surface area (Å²) in [7, 11) is 0. The fourth-order valence-electron chi connectivity index (χ4n) is 1.84. The van der Waals surface area contributed by atoms with E-state index in [4.69, 9.17) is 5.73 Å². The number of hydrazone groups is 1. The molecule has 0 aliphatic heterocycles. The van der Waals surface area contributed by atoms with Crippen molar-refractivity contribution in [1.29, 1.82) is 0 Å². The number of benzene rings is 1.